The van der Waals surface area contributed by atoms with Crippen LogP contribution in [0.2, 0.25) is 0 Å². The molecule has 0 bridgehead atoms. The number of ether oxygens (including phenoxy) is 2. The summed E-state index contributed by atoms with van der Waals surface area (Å²) in [5.74, 6) is 0. The Morgan fingerprint density at radius 3 is 2.11 bits per heavy atom. The van der Waals surface area contributed by atoms with E-state index in [4.69, 9.17) is 9.47 Å². The van der Waals surface area contributed by atoms with Gasteiger partial charge in [0, 0.05) is 46.4 Å². The van der Waals surface area contributed by atoms with E-state index in [1.54, 1.807) is 14.2 Å². The van der Waals surface area contributed by atoms with Crippen molar-refractivity contribution in [1.29, 1.82) is 0 Å². The highest BCUT2D eigenvalue weighted by Gasteiger charge is 2.36. The van der Waals surface area contributed by atoms with Crippen molar-refractivity contribution in [1.82, 2.24) is 10.2 Å². The Bertz CT molecular complexity index is 249. The topological polar surface area (TPSA) is 33.7 Å². The Morgan fingerprint density at radius 2 is 1.74 bits per heavy atom. The zero-order valence-corrected chi connectivity index (χ0v) is 13.5. The van der Waals surface area contributed by atoms with Crippen molar-refractivity contribution in [3.8, 4) is 0 Å². The summed E-state index contributed by atoms with van der Waals surface area (Å²) in [5, 5.41) is 3.57. The Morgan fingerprint density at radius 1 is 1.21 bits per heavy atom. The summed E-state index contributed by atoms with van der Waals surface area (Å²) in [4.78, 5) is 2.48. The highest BCUT2D eigenvalue weighted by atomic mass is 16.5. The summed E-state index contributed by atoms with van der Waals surface area (Å²) in [6, 6.07) is 0.544. The van der Waals surface area contributed by atoms with E-state index < -0.39 is 0 Å². The first-order chi connectivity index (χ1) is 8.94. The lowest BCUT2D eigenvalue weighted by Crippen LogP contribution is -2.43. The van der Waals surface area contributed by atoms with Gasteiger partial charge >= 0.3 is 0 Å². The first-order valence-electron chi connectivity index (χ1n) is 7.45. The summed E-state index contributed by atoms with van der Waals surface area (Å²) in [6.45, 7) is 13.2. The highest BCUT2D eigenvalue weighted by Crippen LogP contribution is 2.25. The van der Waals surface area contributed by atoms with Gasteiger partial charge in [0.25, 0.3) is 0 Å². The minimum absolute atomic E-state index is 0.212. The average Bonchev–Trinajstić information content (AvgIpc) is 2.78. The van der Waals surface area contributed by atoms with Gasteiger partial charge < -0.3 is 14.8 Å². The van der Waals surface area contributed by atoms with E-state index in [0.717, 1.165) is 26.2 Å². The average molecular weight is 272 g/mol. The first kappa shape index (κ1) is 16.9. The molecule has 1 aliphatic heterocycles. The maximum atomic E-state index is 5.51. The van der Waals surface area contributed by atoms with Gasteiger partial charge in [-0.25, -0.2) is 0 Å². The van der Waals surface area contributed by atoms with Gasteiger partial charge in [-0.05, 0) is 11.8 Å². The van der Waals surface area contributed by atoms with Gasteiger partial charge in [-0.1, -0.05) is 27.7 Å². The van der Waals surface area contributed by atoms with Crippen LogP contribution in [0.4, 0.5) is 0 Å². The van der Waals surface area contributed by atoms with Crippen LogP contribution < -0.4 is 5.32 Å². The molecule has 3 atom stereocenters. The number of nitrogens with zero attached hydrogens (tertiary/aromatic N) is 1. The molecule has 114 valence electrons. The molecular weight excluding hydrogens is 240 g/mol. The maximum Gasteiger partial charge on any atom is 0.0971 e. The molecule has 1 heterocycles. The van der Waals surface area contributed by atoms with Crippen LogP contribution in [0.5, 0.6) is 0 Å². The van der Waals surface area contributed by atoms with Crippen molar-refractivity contribution < 1.29 is 9.47 Å². The Kier molecular flexibility index (Phi) is 6.74. The molecule has 1 saturated heterocycles. The highest BCUT2D eigenvalue weighted by molar-refractivity contribution is 4.90. The quantitative estimate of drug-likeness (QED) is 0.730. The Labute approximate surface area is 118 Å². The fourth-order valence-corrected chi connectivity index (χ4v) is 2.68. The number of hydrogen-bond acceptors (Lipinski definition) is 4. The molecule has 0 saturated carbocycles. The van der Waals surface area contributed by atoms with Gasteiger partial charge in [0.2, 0.25) is 0 Å². The molecule has 4 nitrogen and oxygen atoms in total. The normalized spacial score (nSPS) is 27.9. The van der Waals surface area contributed by atoms with Gasteiger partial charge in [-0.3, -0.25) is 4.90 Å². The molecule has 0 aromatic heterocycles. The van der Waals surface area contributed by atoms with E-state index in [0.29, 0.717) is 11.5 Å². The molecule has 0 aromatic carbocycles. The van der Waals surface area contributed by atoms with E-state index >= 15 is 0 Å². The largest absolute Gasteiger partial charge is 0.377 e. The first-order valence-corrected chi connectivity index (χ1v) is 7.45. The van der Waals surface area contributed by atoms with E-state index in [2.05, 4.69) is 37.9 Å². The SMILES string of the molecule is CCC(C)(CNC(C)C)CN1CC(OC)C(OC)C1. The van der Waals surface area contributed by atoms with Crippen molar-refractivity contribution >= 4 is 0 Å². The van der Waals surface area contributed by atoms with Gasteiger partial charge in [-0.2, -0.15) is 0 Å². The monoisotopic (exact) mass is 272 g/mol. The molecule has 1 rings (SSSR count). The smallest absolute Gasteiger partial charge is 0.0971 e. The Hall–Kier alpha value is -0.160. The van der Waals surface area contributed by atoms with Crippen LogP contribution in [-0.4, -0.2) is 63.5 Å². The van der Waals surface area contributed by atoms with E-state index in [1.165, 1.54) is 6.42 Å². The molecule has 0 spiro atoms. The molecular formula is C15H32N2O2. The van der Waals surface area contributed by atoms with Crippen LogP contribution >= 0.6 is 0 Å². The molecule has 4 heteroatoms. The number of hydrogen-bond donors (Lipinski definition) is 1. The third-order valence-electron chi connectivity index (χ3n) is 4.29. The molecule has 19 heavy (non-hydrogen) atoms. The van der Waals surface area contributed by atoms with Crippen molar-refractivity contribution in [2.45, 2.75) is 52.4 Å². The van der Waals surface area contributed by atoms with Gasteiger partial charge in [0.05, 0.1) is 12.2 Å². The summed E-state index contributed by atoms with van der Waals surface area (Å²) in [7, 11) is 3.55. The van der Waals surface area contributed by atoms with Crippen LogP contribution in [0.1, 0.15) is 34.1 Å². The molecule has 0 aliphatic carbocycles. The molecule has 0 aromatic rings. The van der Waals surface area contributed by atoms with Crippen molar-refractivity contribution in [2.75, 3.05) is 40.4 Å². The molecule has 0 amide bonds. The molecule has 1 aliphatic rings. The zero-order chi connectivity index (χ0) is 14.5. The number of methoxy groups -OCH3 is 2. The van der Waals surface area contributed by atoms with Gasteiger partial charge in [0.1, 0.15) is 0 Å². The predicted octanol–water partition coefficient (Wildman–Crippen LogP) is 1.75. The number of nitrogens with one attached hydrogen (secondary N) is 1. The van der Waals surface area contributed by atoms with Crippen LogP contribution in [0.3, 0.4) is 0 Å². The standard InChI is InChI=1S/C15H32N2O2/c1-7-15(4,10-16-12(2)3)11-17-8-13(18-5)14(9-17)19-6/h12-14,16H,7-11H2,1-6H3. The third kappa shape index (κ3) is 5.03. The fraction of sp³-hybridized carbons (Fsp3) is 1.00. The predicted molar refractivity (Wildman–Crippen MR) is 79.6 cm³/mol. The second-order valence-corrected chi connectivity index (χ2v) is 6.44. The lowest BCUT2D eigenvalue weighted by atomic mass is 9.86. The van der Waals surface area contributed by atoms with Crippen molar-refractivity contribution in [3.05, 3.63) is 0 Å². The fourth-order valence-electron chi connectivity index (χ4n) is 2.68. The maximum absolute atomic E-state index is 5.51. The lowest BCUT2D eigenvalue weighted by Gasteiger charge is -2.34. The minimum Gasteiger partial charge on any atom is -0.377 e. The second kappa shape index (κ2) is 7.58. The summed E-state index contributed by atoms with van der Waals surface area (Å²) in [5.41, 5.74) is 0.311. The van der Waals surface area contributed by atoms with Crippen LogP contribution in [-0.2, 0) is 9.47 Å². The zero-order valence-electron chi connectivity index (χ0n) is 13.5. The Balaban J connectivity index is 2.52. The van der Waals surface area contributed by atoms with Crippen LogP contribution in [0, 0.1) is 5.41 Å². The van der Waals surface area contributed by atoms with E-state index in [-0.39, 0.29) is 12.2 Å². The molecule has 3 unspecified atom stereocenters. The molecule has 1 N–H and O–H groups in total. The minimum atomic E-state index is 0.212. The van der Waals surface area contributed by atoms with Gasteiger partial charge in [-0.15, -0.1) is 0 Å². The second-order valence-electron chi connectivity index (χ2n) is 6.44. The van der Waals surface area contributed by atoms with Crippen LogP contribution in [0.15, 0.2) is 0 Å². The van der Waals surface area contributed by atoms with Crippen LogP contribution in [0.25, 0.3) is 0 Å². The third-order valence-corrected chi connectivity index (χ3v) is 4.29. The lowest BCUT2D eigenvalue weighted by molar-refractivity contribution is -0.00461. The number of rotatable bonds is 8. The number of likely N-dealkylation sites (tertiary alicyclic amines) is 1. The van der Waals surface area contributed by atoms with E-state index in [9.17, 15) is 0 Å². The summed E-state index contributed by atoms with van der Waals surface area (Å²) in [6.07, 6.45) is 1.60. The summed E-state index contributed by atoms with van der Waals surface area (Å²) >= 11 is 0. The van der Waals surface area contributed by atoms with Gasteiger partial charge in [0.15, 0.2) is 0 Å². The van der Waals surface area contributed by atoms with Crippen molar-refractivity contribution in [2.24, 2.45) is 5.41 Å². The van der Waals surface area contributed by atoms with Crippen molar-refractivity contribution in [3.63, 3.8) is 0 Å². The molecule has 1 fully saturated rings. The summed E-state index contributed by atoms with van der Waals surface area (Å²) < 4.78 is 11.0. The van der Waals surface area contributed by atoms with E-state index in [1.807, 2.05) is 0 Å². The molecule has 0 radical (unpaired) electrons.